The molecular formula is C37H53NO7S. The van der Waals surface area contributed by atoms with E-state index in [4.69, 9.17) is 4.18 Å². The van der Waals surface area contributed by atoms with Crippen LogP contribution in [0.3, 0.4) is 0 Å². The Labute approximate surface area is 275 Å². The Kier molecular flexibility index (Phi) is 9.99. The zero-order valence-electron chi connectivity index (χ0n) is 28.1. The van der Waals surface area contributed by atoms with Crippen LogP contribution < -0.4 is 5.32 Å². The monoisotopic (exact) mass is 655 g/mol. The molecule has 254 valence electrons. The molecule has 1 aromatic rings. The fraction of sp³-hybridized carbons (Fsp3) is 0.676. The number of hydrogen-bond acceptors (Lipinski definition) is 5. The highest BCUT2D eigenvalue weighted by Gasteiger charge is 2.57. The first-order chi connectivity index (χ1) is 21.6. The van der Waals surface area contributed by atoms with Crippen molar-refractivity contribution in [1.82, 2.24) is 5.32 Å². The fourth-order valence-corrected chi connectivity index (χ4v) is 11.0. The average Bonchev–Trinajstić information content (AvgIpc) is 3.36. The van der Waals surface area contributed by atoms with E-state index < -0.39 is 34.4 Å². The Balaban J connectivity index is 1.22. The lowest BCUT2D eigenvalue weighted by molar-refractivity contribution is -0.141. The average molecular weight is 656 g/mol. The van der Waals surface area contributed by atoms with Crippen LogP contribution in [-0.2, 0) is 24.2 Å². The highest BCUT2D eigenvalue weighted by atomic mass is 32.3. The number of carboxylic acids is 1. The Hall–Kier alpha value is -2.49. The van der Waals surface area contributed by atoms with Crippen molar-refractivity contribution in [2.45, 2.75) is 111 Å². The third kappa shape index (κ3) is 6.61. The van der Waals surface area contributed by atoms with Crippen molar-refractivity contribution in [3.05, 3.63) is 59.2 Å². The van der Waals surface area contributed by atoms with Gasteiger partial charge >= 0.3 is 16.4 Å². The van der Waals surface area contributed by atoms with Crippen LogP contribution >= 0.6 is 0 Å². The molecular weight excluding hydrogens is 602 g/mol. The number of carbonyl (C=O) groups is 2. The van der Waals surface area contributed by atoms with Crippen molar-refractivity contribution in [2.24, 2.45) is 46.3 Å². The third-order valence-electron chi connectivity index (χ3n) is 13.1. The van der Waals surface area contributed by atoms with Crippen molar-refractivity contribution >= 4 is 22.3 Å². The molecule has 0 aliphatic heterocycles. The van der Waals surface area contributed by atoms with Crippen molar-refractivity contribution in [2.75, 3.05) is 0 Å². The van der Waals surface area contributed by atoms with Gasteiger partial charge in [0.2, 0.25) is 5.91 Å². The van der Waals surface area contributed by atoms with Gasteiger partial charge in [-0.2, -0.15) is 8.42 Å². The predicted molar refractivity (Wildman–Crippen MR) is 178 cm³/mol. The molecule has 46 heavy (non-hydrogen) atoms. The first-order valence-electron chi connectivity index (χ1n) is 17.2. The molecule has 4 aliphatic carbocycles. The molecule has 4 aliphatic rings. The number of fused-ring (bicyclic) bond motifs is 4. The Morgan fingerprint density at radius 1 is 1.04 bits per heavy atom. The van der Waals surface area contributed by atoms with Crippen molar-refractivity contribution in [1.29, 1.82) is 0 Å². The molecule has 3 fully saturated rings. The smallest absolute Gasteiger partial charge is 0.397 e. The second-order valence-electron chi connectivity index (χ2n) is 15.4. The van der Waals surface area contributed by atoms with Crippen LogP contribution in [0.2, 0.25) is 0 Å². The van der Waals surface area contributed by atoms with Crippen molar-refractivity contribution < 1.29 is 31.8 Å². The molecule has 1 amide bonds. The third-order valence-corrected chi connectivity index (χ3v) is 13.5. The number of nitrogens with one attached hydrogen (secondary N) is 1. The minimum absolute atomic E-state index is 0.0624. The second-order valence-corrected chi connectivity index (χ2v) is 16.5. The van der Waals surface area contributed by atoms with E-state index in [1.807, 2.05) is 13.0 Å². The molecule has 0 saturated heterocycles. The molecule has 9 heteroatoms. The van der Waals surface area contributed by atoms with E-state index in [1.165, 1.54) is 6.42 Å². The van der Waals surface area contributed by atoms with Crippen LogP contribution in [0.25, 0.3) is 0 Å². The summed E-state index contributed by atoms with van der Waals surface area (Å²) in [4.78, 5) is 24.9. The number of rotatable bonds is 11. The van der Waals surface area contributed by atoms with Gasteiger partial charge in [-0.3, -0.25) is 9.35 Å². The van der Waals surface area contributed by atoms with E-state index in [-0.39, 0.29) is 22.7 Å². The summed E-state index contributed by atoms with van der Waals surface area (Å²) in [5.41, 5.74) is 4.59. The molecule has 5 rings (SSSR count). The van der Waals surface area contributed by atoms with Gasteiger partial charge in [-0.1, -0.05) is 82.7 Å². The number of allylic oxidation sites excluding steroid dienone is 2. The summed E-state index contributed by atoms with van der Waals surface area (Å²) in [6.07, 6.45) is 9.63. The van der Waals surface area contributed by atoms with Crippen LogP contribution in [0.15, 0.2) is 53.6 Å². The highest BCUT2D eigenvalue weighted by molar-refractivity contribution is 7.80. The maximum absolute atomic E-state index is 13.0. The van der Waals surface area contributed by atoms with E-state index in [1.54, 1.807) is 35.4 Å². The van der Waals surface area contributed by atoms with Crippen LogP contribution in [0.5, 0.6) is 0 Å². The molecule has 10 atom stereocenters. The van der Waals surface area contributed by atoms with Gasteiger partial charge in [0.15, 0.2) is 6.04 Å². The number of carboxylic acid groups (broad SMARTS) is 1. The predicted octanol–water partition coefficient (Wildman–Crippen LogP) is 7.69. The first kappa shape index (κ1) is 34.8. The number of carbonyl (C=O) groups excluding carboxylic acids is 1. The summed E-state index contributed by atoms with van der Waals surface area (Å²) in [6, 6.07) is 7.62. The van der Waals surface area contributed by atoms with E-state index in [0.29, 0.717) is 41.2 Å². The zero-order chi connectivity index (χ0) is 33.6. The summed E-state index contributed by atoms with van der Waals surface area (Å²) in [6.45, 7) is 15.4. The van der Waals surface area contributed by atoms with Crippen molar-refractivity contribution in [3.63, 3.8) is 0 Å². The lowest BCUT2D eigenvalue weighted by Gasteiger charge is -2.58. The van der Waals surface area contributed by atoms with E-state index in [2.05, 4.69) is 39.6 Å². The molecule has 0 bridgehead atoms. The summed E-state index contributed by atoms with van der Waals surface area (Å²) in [5.74, 6) is 0.442. The van der Waals surface area contributed by atoms with Crippen molar-refractivity contribution in [3.8, 4) is 0 Å². The molecule has 0 aromatic heterocycles. The minimum Gasteiger partial charge on any atom is -0.479 e. The molecule has 8 nitrogen and oxygen atoms in total. The van der Waals surface area contributed by atoms with Gasteiger partial charge in [0, 0.05) is 5.57 Å². The van der Waals surface area contributed by atoms with Crippen LogP contribution in [0.4, 0.5) is 0 Å². The lowest BCUT2D eigenvalue weighted by atomic mass is 9.47. The van der Waals surface area contributed by atoms with Gasteiger partial charge in [-0.05, 0) is 116 Å². The number of amides is 1. The van der Waals surface area contributed by atoms with E-state index in [9.17, 15) is 27.7 Å². The van der Waals surface area contributed by atoms with Crippen LogP contribution in [0.1, 0.15) is 110 Å². The molecule has 3 N–H and O–H groups in total. The molecule has 6 unspecified atom stereocenters. The Bertz CT molecular complexity index is 1470. The standard InChI is InChI=1S/C37H53NO7S/c1-22(24(3)34(39)38-33(35(40)41)26-10-8-7-9-11-26)12-13-23(2)28-16-17-30-27-14-15-29-25(4)32(45-46(42,43)44)19-21-37(29,6)31(27)18-20-36(28,30)5/h7-11,22-23,25,28-29,31-33H,3,12-21H2,1-2,4-6H3,(H,38,39)(H,40,41)(H,42,43,44)/t22?,23?,25?,28-,29?,31?,32+,33?,36-,37+/m1/s1. The molecule has 3 saturated carbocycles. The number of benzene rings is 1. The maximum Gasteiger partial charge on any atom is 0.397 e. The zero-order valence-corrected chi connectivity index (χ0v) is 28.9. The molecule has 0 spiro atoms. The normalized spacial score (nSPS) is 34.4. The Morgan fingerprint density at radius 2 is 1.74 bits per heavy atom. The van der Waals surface area contributed by atoms with Gasteiger partial charge in [-0.25, -0.2) is 8.98 Å². The van der Waals surface area contributed by atoms with Crippen LogP contribution in [-0.4, -0.2) is 36.1 Å². The quantitative estimate of drug-likeness (QED) is 0.127. The lowest BCUT2D eigenvalue weighted by Crippen LogP contribution is -2.52. The summed E-state index contributed by atoms with van der Waals surface area (Å²) in [5, 5.41) is 12.4. The highest BCUT2D eigenvalue weighted by Crippen LogP contribution is 2.66. The topological polar surface area (TPSA) is 130 Å². The largest absolute Gasteiger partial charge is 0.479 e. The summed E-state index contributed by atoms with van der Waals surface area (Å²) in [7, 11) is -4.47. The van der Waals surface area contributed by atoms with E-state index in [0.717, 1.165) is 51.4 Å². The first-order valence-corrected chi connectivity index (χ1v) is 18.6. The summed E-state index contributed by atoms with van der Waals surface area (Å²) < 4.78 is 37.5. The van der Waals surface area contributed by atoms with Gasteiger partial charge < -0.3 is 10.4 Å². The molecule has 0 radical (unpaired) electrons. The van der Waals surface area contributed by atoms with Gasteiger partial charge in [0.05, 0.1) is 6.10 Å². The van der Waals surface area contributed by atoms with E-state index >= 15 is 0 Å². The SMILES string of the molecule is C=C(C(=O)NC(C(=O)O)c1ccccc1)C(C)CCC(C)[C@H]1CCC2=C3CCC4C(C)[C@@H](OS(=O)(=O)O)CC[C@]4(C)C3CC[C@@]21C. The maximum atomic E-state index is 13.0. The molecule has 1 aromatic carbocycles. The number of hydrogen-bond donors (Lipinski definition) is 3. The number of aliphatic carboxylic acids is 1. The fourth-order valence-electron chi connectivity index (χ4n) is 10.4. The van der Waals surface area contributed by atoms with Gasteiger partial charge in [0.25, 0.3) is 0 Å². The minimum atomic E-state index is -4.47. The second kappa shape index (κ2) is 13.2. The summed E-state index contributed by atoms with van der Waals surface area (Å²) >= 11 is 0. The molecule has 0 heterocycles. The van der Waals surface area contributed by atoms with Gasteiger partial charge in [-0.15, -0.1) is 0 Å². The Morgan fingerprint density at radius 3 is 2.39 bits per heavy atom. The van der Waals surface area contributed by atoms with Crippen LogP contribution in [0, 0.1) is 46.3 Å². The van der Waals surface area contributed by atoms with Gasteiger partial charge in [0.1, 0.15) is 0 Å².